The Morgan fingerprint density at radius 3 is 2.60 bits per heavy atom. The minimum atomic E-state index is -0.337. The molecule has 30 heavy (non-hydrogen) atoms. The molecule has 6 heteroatoms. The summed E-state index contributed by atoms with van der Waals surface area (Å²) in [6, 6.07) is 10.7. The van der Waals surface area contributed by atoms with Crippen LogP contribution >= 0.6 is 0 Å². The Balaban J connectivity index is 1.72. The number of aryl methyl sites for hydroxylation is 2. The second kappa shape index (κ2) is 8.01. The summed E-state index contributed by atoms with van der Waals surface area (Å²) < 4.78 is 5.66. The minimum absolute atomic E-state index is 0.100. The quantitative estimate of drug-likeness (QED) is 0.764. The number of hydrogen-bond acceptors (Lipinski definition) is 4. The number of anilines is 1. The van der Waals surface area contributed by atoms with Gasteiger partial charge in [0.2, 0.25) is 5.91 Å². The van der Waals surface area contributed by atoms with Gasteiger partial charge in [0.1, 0.15) is 12.3 Å². The summed E-state index contributed by atoms with van der Waals surface area (Å²) in [6.45, 7) is 8.21. The molecule has 0 aromatic heterocycles. The molecule has 2 aromatic rings. The molecule has 1 saturated heterocycles. The molecular weight excluding hydrogens is 378 g/mol. The number of carbonyl (C=O) groups is 2. The molecular formula is C24H29N3O3. The van der Waals surface area contributed by atoms with Gasteiger partial charge in [-0.1, -0.05) is 6.07 Å². The van der Waals surface area contributed by atoms with Crippen LogP contribution in [0.15, 0.2) is 30.3 Å². The Labute approximate surface area is 177 Å². The molecule has 0 unspecified atom stereocenters. The number of methoxy groups -OCH3 is 1. The predicted molar refractivity (Wildman–Crippen MR) is 118 cm³/mol. The lowest BCUT2D eigenvalue weighted by Crippen LogP contribution is -2.35. The maximum absolute atomic E-state index is 11.9. The van der Waals surface area contributed by atoms with Crippen molar-refractivity contribution in [2.45, 2.75) is 46.2 Å². The van der Waals surface area contributed by atoms with Gasteiger partial charge in [-0.25, -0.2) is 4.79 Å². The van der Waals surface area contributed by atoms with Crippen LogP contribution in [0.4, 0.5) is 10.5 Å². The summed E-state index contributed by atoms with van der Waals surface area (Å²) >= 11 is 0. The molecule has 0 spiro atoms. The van der Waals surface area contributed by atoms with Gasteiger partial charge < -0.3 is 14.5 Å². The first-order chi connectivity index (χ1) is 14.4. The van der Waals surface area contributed by atoms with Crippen LogP contribution in [0.2, 0.25) is 0 Å². The van der Waals surface area contributed by atoms with Crippen LogP contribution in [0.3, 0.4) is 0 Å². The van der Waals surface area contributed by atoms with Crippen LogP contribution in [0.5, 0.6) is 5.75 Å². The van der Waals surface area contributed by atoms with Crippen LogP contribution in [0.1, 0.15) is 37.0 Å². The largest absolute Gasteiger partial charge is 0.496 e. The van der Waals surface area contributed by atoms with Gasteiger partial charge in [-0.3, -0.25) is 10.1 Å². The molecule has 0 atom stereocenters. The minimum Gasteiger partial charge on any atom is -0.496 e. The number of imide groups is 1. The van der Waals surface area contributed by atoms with E-state index in [0.29, 0.717) is 12.6 Å². The van der Waals surface area contributed by atoms with Crippen molar-refractivity contribution >= 4 is 17.6 Å². The Morgan fingerprint density at radius 1 is 1.13 bits per heavy atom. The lowest BCUT2D eigenvalue weighted by Gasteiger charge is -2.35. The van der Waals surface area contributed by atoms with E-state index in [1.807, 2.05) is 12.1 Å². The van der Waals surface area contributed by atoms with Crippen molar-refractivity contribution in [3.05, 3.63) is 47.0 Å². The number of hydrogen-bond donors (Lipinski definition) is 1. The average Bonchev–Trinajstić information content (AvgIpc) is 3.03. The SMILES string of the molecule is COc1ccc(CN2CC(=O)NC2=O)cc1-c1cc2c(cc1C)N(C(C)C)CCC2. The second-order valence-corrected chi connectivity index (χ2v) is 8.43. The smallest absolute Gasteiger partial charge is 0.324 e. The fourth-order valence-electron chi connectivity index (χ4n) is 4.49. The summed E-state index contributed by atoms with van der Waals surface area (Å²) in [5, 5.41) is 2.33. The number of carbonyl (C=O) groups excluding carboxylic acids is 2. The lowest BCUT2D eigenvalue weighted by atomic mass is 9.91. The fourth-order valence-corrected chi connectivity index (χ4v) is 4.49. The third kappa shape index (κ3) is 3.74. The van der Waals surface area contributed by atoms with Gasteiger partial charge in [-0.2, -0.15) is 0 Å². The Kier molecular flexibility index (Phi) is 5.41. The molecule has 6 nitrogen and oxygen atoms in total. The number of rotatable bonds is 5. The van der Waals surface area contributed by atoms with Crippen molar-refractivity contribution in [2.75, 3.05) is 25.1 Å². The van der Waals surface area contributed by atoms with E-state index in [1.165, 1.54) is 21.7 Å². The van der Waals surface area contributed by atoms with E-state index in [-0.39, 0.29) is 18.5 Å². The molecule has 0 bridgehead atoms. The number of benzene rings is 2. The third-order valence-corrected chi connectivity index (χ3v) is 6.00. The molecule has 1 N–H and O–H groups in total. The van der Waals surface area contributed by atoms with Crippen LogP contribution in [0, 0.1) is 6.92 Å². The van der Waals surface area contributed by atoms with E-state index in [4.69, 9.17) is 4.74 Å². The van der Waals surface area contributed by atoms with Crippen molar-refractivity contribution in [2.24, 2.45) is 0 Å². The Morgan fingerprint density at radius 2 is 1.93 bits per heavy atom. The molecule has 4 rings (SSSR count). The molecule has 3 amide bonds. The second-order valence-electron chi connectivity index (χ2n) is 8.43. The topological polar surface area (TPSA) is 61.9 Å². The van der Waals surface area contributed by atoms with Gasteiger partial charge in [-0.15, -0.1) is 0 Å². The number of fused-ring (bicyclic) bond motifs is 1. The zero-order chi connectivity index (χ0) is 21.4. The summed E-state index contributed by atoms with van der Waals surface area (Å²) in [4.78, 5) is 27.4. The average molecular weight is 408 g/mol. The van der Waals surface area contributed by atoms with Crippen molar-refractivity contribution in [1.29, 1.82) is 0 Å². The van der Waals surface area contributed by atoms with Gasteiger partial charge in [0, 0.05) is 30.4 Å². The number of nitrogens with zero attached hydrogens (tertiary/aromatic N) is 2. The third-order valence-electron chi connectivity index (χ3n) is 6.00. The Bertz CT molecular complexity index is 999. The van der Waals surface area contributed by atoms with Crippen LogP contribution in [-0.2, 0) is 17.8 Å². The number of nitrogens with one attached hydrogen (secondary N) is 1. The maximum atomic E-state index is 11.9. The van der Waals surface area contributed by atoms with E-state index >= 15 is 0 Å². The van der Waals surface area contributed by atoms with Crippen molar-refractivity contribution < 1.29 is 14.3 Å². The lowest BCUT2D eigenvalue weighted by molar-refractivity contribution is -0.118. The predicted octanol–water partition coefficient (Wildman–Crippen LogP) is 3.88. The zero-order valence-corrected chi connectivity index (χ0v) is 18.1. The van der Waals surface area contributed by atoms with Crippen molar-refractivity contribution in [1.82, 2.24) is 10.2 Å². The first-order valence-electron chi connectivity index (χ1n) is 10.5. The van der Waals surface area contributed by atoms with E-state index in [9.17, 15) is 9.59 Å². The molecule has 0 aliphatic carbocycles. The van der Waals surface area contributed by atoms with Gasteiger partial charge in [0.05, 0.1) is 7.11 Å². The maximum Gasteiger partial charge on any atom is 0.324 e. The monoisotopic (exact) mass is 407 g/mol. The van der Waals surface area contributed by atoms with E-state index in [2.05, 4.69) is 49.2 Å². The first kappa shape index (κ1) is 20.3. The number of ether oxygens (including phenoxy) is 1. The highest BCUT2D eigenvalue weighted by atomic mass is 16.5. The van der Waals surface area contributed by atoms with E-state index in [1.54, 1.807) is 7.11 Å². The Hall–Kier alpha value is -3.02. The first-order valence-corrected chi connectivity index (χ1v) is 10.5. The summed E-state index contributed by atoms with van der Waals surface area (Å²) in [5.41, 5.74) is 7.04. The highest BCUT2D eigenvalue weighted by Crippen LogP contribution is 2.39. The molecule has 2 aliphatic heterocycles. The van der Waals surface area contributed by atoms with Crippen molar-refractivity contribution in [3.8, 4) is 16.9 Å². The highest BCUT2D eigenvalue weighted by Gasteiger charge is 2.27. The molecule has 2 aliphatic rings. The van der Waals surface area contributed by atoms with Crippen LogP contribution in [0.25, 0.3) is 11.1 Å². The van der Waals surface area contributed by atoms with E-state index < -0.39 is 0 Å². The number of amides is 3. The molecule has 0 radical (unpaired) electrons. The van der Waals surface area contributed by atoms with E-state index in [0.717, 1.165) is 41.8 Å². The summed E-state index contributed by atoms with van der Waals surface area (Å²) in [7, 11) is 1.68. The molecule has 2 aromatic carbocycles. The summed E-state index contributed by atoms with van der Waals surface area (Å²) in [5.74, 6) is 0.550. The van der Waals surface area contributed by atoms with Gasteiger partial charge in [0.25, 0.3) is 0 Å². The summed E-state index contributed by atoms with van der Waals surface area (Å²) in [6.07, 6.45) is 2.23. The molecule has 2 heterocycles. The molecule has 0 saturated carbocycles. The normalized spacial score (nSPS) is 16.2. The fraction of sp³-hybridized carbons (Fsp3) is 0.417. The van der Waals surface area contributed by atoms with Gasteiger partial charge in [-0.05, 0) is 80.1 Å². The molecule has 158 valence electrons. The van der Waals surface area contributed by atoms with Crippen LogP contribution < -0.4 is 15.0 Å². The molecule has 1 fully saturated rings. The zero-order valence-electron chi connectivity index (χ0n) is 18.1. The van der Waals surface area contributed by atoms with Crippen LogP contribution in [-0.4, -0.2) is 43.1 Å². The standard InChI is InChI=1S/C24H29N3O3/c1-15(2)27-9-5-6-18-12-19(16(3)10-21(18)27)20-11-17(7-8-22(20)30-4)13-26-14-23(28)25-24(26)29/h7-8,10-12,15H,5-6,9,13-14H2,1-4H3,(H,25,28,29). The van der Waals surface area contributed by atoms with Gasteiger partial charge in [0.15, 0.2) is 0 Å². The highest BCUT2D eigenvalue weighted by molar-refractivity contribution is 6.01. The number of urea groups is 1. The van der Waals surface area contributed by atoms with Crippen molar-refractivity contribution in [3.63, 3.8) is 0 Å². The van der Waals surface area contributed by atoms with Gasteiger partial charge >= 0.3 is 6.03 Å².